The Balaban J connectivity index is 1.66. The predicted octanol–water partition coefficient (Wildman–Crippen LogP) is 2.14. The van der Waals surface area contributed by atoms with Gasteiger partial charge in [0.15, 0.2) is 6.10 Å². The molecule has 1 aliphatic rings. The van der Waals surface area contributed by atoms with Gasteiger partial charge in [-0.3, -0.25) is 0 Å². The van der Waals surface area contributed by atoms with Crippen molar-refractivity contribution in [3.05, 3.63) is 24.2 Å². The Labute approximate surface area is 98.0 Å². The maximum absolute atomic E-state index is 10.7. The topological polar surface area (TPSA) is 59.7 Å². The second-order valence-corrected chi connectivity index (χ2v) is 4.79. The highest BCUT2D eigenvalue weighted by molar-refractivity contribution is 7.98. The lowest BCUT2D eigenvalue weighted by molar-refractivity contribution is -0.148. The van der Waals surface area contributed by atoms with Gasteiger partial charge in [-0.05, 0) is 25.0 Å². The monoisotopic (exact) mass is 242 g/mol. The molecule has 0 bridgehead atoms. The van der Waals surface area contributed by atoms with E-state index >= 15 is 0 Å². The fourth-order valence-electron chi connectivity index (χ4n) is 1.70. The summed E-state index contributed by atoms with van der Waals surface area (Å²) >= 11 is 1.71. The summed E-state index contributed by atoms with van der Waals surface area (Å²) in [6, 6.07) is 3.80. The van der Waals surface area contributed by atoms with Crippen LogP contribution in [-0.2, 0) is 15.3 Å². The first-order valence-electron chi connectivity index (χ1n) is 5.24. The van der Waals surface area contributed by atoms with Crippen molar-refractivity contribution in [3.63, 3.8) is 0 Å². The van der Waals surface area contributed by atoms with E-state index in [1.54, 1.807) is 18.0 Å². The first-order chi connectivity index (χ1) is 7.75. The first-order valence-corrected chi connectivity index (χ1v) is 6.39. The predicted molar refractivity (Wildman–Crippen MR) is 60.4 cm³/mol. The molecule has 2 unspecified atom stereocenters. The van der Waals surface area contributed by atoms with Gasteiger partial charge in [0.2, 0.25) is 0 Å². The van der Waals surface area contributed by atoms with E-state index in [-0.39, 0.29) is 6.10 Å². The van der Waals surface area contributed by atoms with Crippen LogP contribution >= 0.6 is 11.8 Å². The molecule has 0 aromatic carbocycles. The third-order valence-electron chi connectivity index (χ3n) is 2.51. The quantitative estimate of drug-likeness (QED) is 0.857. The van der Waals surface area contributed by atoms with Crippen LogP contribution in [0.2, 0.25) is 0 Å². The van der Waals surface area contributed by atoms with Gasteiger partial charge in [0.1, 0.15) is 5.76 Å². The van der Waals surface area contributed by atoms with Crippen LogP contribution in [0.1, 0.15) is 18.6 Å². The first kappa shape index (κ1) is 11.5. The molecule has 2 atom stereocenters. The van der Waals surface area contributed by atoms with Crippen molar-refractivity contribution in [3.8, 4) is 0 Å². The third-order valence-corrected chi connectivity index (χ3v) is 3.61. The normalized spacial score (nSPS) is 24.8. The zero-order valence-electron chi connectivity index (χ0n) is 8.80. The summed E-state index contributed by atoms with van der Waals surface area (Å²) in [5.74, 6) is 1.73. The summed E-state index contributed by atoms with van der Waals surface area (Å²) in [5, 5.41) is 8.76. The maximum atomic E-state index is 10.7. The van der Waals surface area contributed by atoms with E-state index in [0.717, 1.165) is 23.7 Å². The standard InChI is InChI=1S/C11H14O4S/c12-11(13)10-4-3-9(15-10)7-16-6-8-2-1-5-14-8/h1-2,5,9-10H,3-4,6-7H2,(H,12,13). The zero-order chi connectivity index (χ0) is 11.4. The molecule has 0 radical (unpaired) electrons. The van der Waals surface area contributed by atoms with E-state index in [9.17, 15) is 4.79 Å². The zero-order valence-corrected chi connectivity index (χ0v) is 9.61. The van der Waals surface area contributed by atoms with Gasteiger partial charge in [-0.15, -0.1) is 0 Å². The lowest BCUT2D eigenvalue weighted by Crippen LogP contribution is -2.21. The fourth-order valence-corrected chi connectivity index (χ4v) is 2.69. The van der Waals surface area contributed by atoms with Crippen LogP contribution in [0.4, 0.5) is 0 Å². The SMILES string of the molecule is O=C(O)C1CCC(CSCc2ccco2)O1. The Morgan fingerprint density at radius 3 is 3.06 bits per heavy atom. The molecule has 1 aromatic rings. The molecule has 1 aliphatic heterocycles. The molecule has 2 heterocycles. The van der Waals surface area contributed by atoms with E-state index in [4.69, 9.17) is 14.3 Å². The maximum Gasteiger partial charge on any atom is 0.332 e. The van der Waals surface area contributed by atoms with Gasteiger partial charge in [-0.2, -0.15) is 11.8 Å². The van der Waals surface area contributed by atoms with Crippen molar-refractivity contribution in [2.24, 2.45) is 0 Å². The number of aliphatic carboxylic acids is 1. The number of carbonyl (C=O) groups is 1. The summed E-state index contributed by atoms with van der Waals surface area (Å²) in [6.45, 7) is 0. The van der Waals surface area contributed by atoms with Gasteiger partial charge >= 0.3 is 5.97 Å². The van der Waals surface area contributed by atoms with Crippen LogP contribution in [-0.4, -0.2) is 29.0 Å². The highest BCUT2D eigenvalue weighted by atomic mass is 32.2. The van der Waals surface area contributed by atoms with Crippen LogP contribution < -0.4 is 0 Å². The Morgan fingerprint density at radius 1 is 1.56 bits per heavy atom. The van der Waals surface area contributed by atoms with Crippen LogP contribution in [0.3, 0.4) is 0 Å². The van der Waals surface area contributed by atoms with Gasteiger partial charge in [0.25, 0.3) is 0 Å². The van der Waals surface area contributed by atoms with Crippen molar-refractivity contribution in [2.45, 2.75) is 30.8 Å². The molecule has 88 valence electrons. The number of rotatable bonds is 5. The smallest absolute Gasteiger partial charge is 0.332 e. The van der Waals surface area contributed by atoms with Crippen LogP contribution in [0.5, 0.6) is 0 Å². The Kier molecular flexibility index (Phi) is 3.90. The molecule has 16 heavy (non-hydrogen) atoms. The van der Waals surface area contributed by atoms with Crippen molar-refractivity contribution < 1.29 is 19.1 Å². The third kappa shape index (κ3) is 3.02. The number of hydrogen-bond acceptors (Lipinski definition) is 4. The molecule has 0 saturated carbocycles. The lowest BCUT2D eigenvalue weighted by Gasteiger charge is -2.09. The molecular formula is C11H14O4S. The van der Waals surface area contributed by atoms with Gasteiger partial charge in [-0.1, -0.05) is 0 Å². The molecule has 1 saturated heterocycles. The second kappa shape index (κ2) is 5.41. The molecule has 1 fully saturated rings. The molecule has 2 rings (SSSR count). The van der Waals surface area contributed by atoms with E-state index in [0.29, 0.717) is 6.42 Å². The average Bonchev–Trinajstić information content (AvgIpc) is 2.87. The number of furan rings is 1. The van der Waals surface area contributed by atoms with E-state index < -0.39 is 12.1 Å². The lowest BCUT2D eigenvalue weighted by atomic mass is 10.2. The van der Waals surface area contributed by atoms with Crippen molar-refractivity contribution >= 4 is 17.7 Å². The minimum Gasteiger partial charge on any atom is -0.479 e. The fraction of sp³-hybridized carbons (Fsp3) is 0.545. The second-order valence-electron chi connectivity index (χ2n) is 3.76. The highest BCUT2D eigenvalue weighted by Crippen LogP contribution is 2.24. The highest BCUT2D eigenvalue weighted by Gasteiger charge is 2.30. The molecule has 4 nitrogen and oxygen atoms in total. The molecule has 1 aromatic heterocycles. The Bertz CT molecular complexity index is 336. The summed E-state index contributed by atoms with van der Waals surface area (Å²) in [7, 11) is 0. The van der Waals surface area contributed by atoms with E-state index in [1.165, 1.54) is 0 Å². The summed E-state index contributed by atoms with van der Waals surface area (Å²) in [5.41, 5.74) is 0. The summed E-state index contributed by atoms with van der Waals surface area (Å²) in [6.07, 6.45) is 2.58. The van der Waals surface area contributed by atoms with Crippen molar-refractivity contribution in [1.29, 1.82) is 0 Å². The van der Waals surface area contributed by atoms with Crippen LogP contribution in [0.15, 0.2) is 22.8 Å². The molecule has 0 spiro atoms. The summed E-state index contributed by atoms with van der Waals surface area (Å²) < 4.78 is 10.6. The number of thioether (sulfide) groups is 1. The van der Waals surface area contributed by atoms with Gasteiger partial charge < -0.3 is 14.3 Å². The minimum absolute atomic E-state index is 0.0704. The average molecular weight is 242 g/mol. The molecular weight excluding hydrogens is 228 g/mol. The van der Waals surface area contributed by atoms with Gasteiger partial charge in [-0.25, -0.2) is 4.79 Å². The van der Waals surface area contributed by atoms with Gasteiger partial charge in [0, 0.05) is 5.75 Å². The number of hydrogen-bond donors (Lipinski definition) is 1. The van der Waals surface area contributed by atoms with E-state index in [1.807, 2.05) is 12.1 Å². The molecule has 5 heteroatoms. The number of carboxylic acid groups (broad SMARTS) is 1. The minimum atomic E-state index is -0.849. The number of ether oxygens (including phenoxy) is 1. The molecule has 0 amide bonds. The van der Waals surface area contributed by atoms with Gasteiger partial charge in [0.05, 0.1) is 18.1 Å². The van der Waals surface area contributed by atoms with Crippen LogP contribution in [0.25, 0.3) is 0 Å². The largest absolute Gasteiger partial charge is 0.479 e. The van der Waals surface area contributed by atoms with Crippen molar-refractivity contribution in [2.75, 3.05) is 5.75 Å². The summed E-state index contributed by atoms with van der Waals surface area (Å²) in [4.78, 5) is 10.7. The van der Waals surface area contributed by atoms with E-state index in [2.05, 4.69) is 0 Å². The molecule has 1 N–H and O–H groups in total. The van der Waals surface area contributed by atoms with Crippen LogP contribution in [0, 0.1) is 0 Å². The molecule has 0 aliphatic carbocycles. The van der Waals surface area contributed by atoms with Crippen molar-refractivity contribution in [1.82, 2.24) is 0 Å². The Hall–Kier alpha value is -0.940. The number of carboxylic acids is 1. The Morgan fingerprint density at radius 2 is 2.44 bits per heavy atom.